The van der Waals surface area contributed by atoms with E-state index in [4.69, 9.17) is 5.11 Å². The highest BCUT2D eigenvalue weighted by atomic mass is 16.4. The molecule has 0 radical (unpaired) electrons. The van der Waals surface area contributed by atoms with Gasteiger partial charge in [0.15, 0.2) is 5.60 Å². The highest BCUT2D eigenvalue weighted by Crippen LogP contribution is 2.62. The lowest BCUT2D eigenvalue weighted by atomic mass is 10.0. The summed E-state index contributed by atoms with van der Waals surface area (Å²) in [4.78, 5) is 22.3. The predicted molar refractivity (Wildman–Crippen MR) is 66.1 cm³/mol. The first-order valence-corrected chi connectivity index (χ1v) is 5.93. The van der Waals surface area contributed by atoms with Crippen LogP contribution in [0.1, 0.15) is 34.6 Å². The van der Waals surface area contributed by atoms with Crippen LogP contribution in [0.4, 0.5) is 4.79 Å². The average molecular weight is 258 g/mol. The molecule has 1 aliphatic rings. The summed E-state index contributed by atoms with van der Waals surface area (Å²) >= 11 is 0. The normalized spacial score (nSPS) is 23.9. The first-order chi connectivity index (χ1) is 7.93. The van der Waals surface area contributed by atoms with Crippen molar-refractivity contribution < 1.29 is 19.8 Å². The number of urea groups is 1. The molecule has 6 nitrogen and oxygen atoms in total. The molecule has 1 aliphatic carbocycles. The fourth-order valence-corrected chi connectivity index (χ4v) is 2.07. The Bertz CT molecular complexity index is 360. The van der Waals surface area contributed by atoms with Crippen LogP contribution in [0.3, 0.4) is 0 Å². The molecule has 0 bridgehead atoms. The second kappa shape index (κ2) is 4.12. The van der Waals surface area contributed by atoms with Crippen LogP contribution in [0.5, 0.6) is 0 Å². The highest BCUT2D eigenvalue weighted by Gasteiger charge is 2.65. The Balaban J connectivity index is 2.44. The fraction of sp³-hybridized carbons (Fsp3) is 0.833. The van der Waals surface area contributed by atoms with Crippen molar-refractivity contribution in [1.29, 1.82) is 0 Å². The standard InChI is InChI=1S/C12H22N2O4/c1-10(2)7(11(10,3)4)14-9(17)13-6-12(5,18)8(15)16/h7,18H,6H2,1-5H3,(H,15,16)(H2,13,14,17). The van der Waals surface area contributed by atoms with Gasteiger partial charge >= 0.3 is 12.0 Å². The topological polar surface area (TPSA) is 98.7 Å². The second-order valence-electron chi connectivity index (χ2n) is 6.28. The van der Waals surface area contributed by atoms with E-state index in [-0.39, 0.29) is 23.4 Å². The molecular formula is C12H22N2O4. The van der Waals surface area contributed by atoms with Crippen LogP contribution in [0.2, 0.25) is 0 Å². The van der Waals surface area contributed by atoms with Gasteiger partial charge in [-0.1, -0.05) is 27.7 Å². The number of carbonyl (C=O) groups excluding carboxylic acids is 1. The SMILES string of the molecule is CC(O)(CNC(=O)NC1C(C)(C)C1(C)C)C(=O)O. The maximum Gasteiger partial charge on any atom is 0.337 e. The van der Waals surface area contributed by atoms with E-state index >= 15 is 0 Å². The van der Waals surface area contributed by atoms with E-state index in [0.717, 1.165) is 6.92 Å². The lowest BCUT2D eigenvalue weighted by Gasteiger charge is -2.18. The van der Waals surface area contributed by atoms with E-state index in [0.29, 0.717) is 0 Å². The van der Waals surface area contributed by atoms with Crippen molar-refractivity contribution in [2.45, 2.75) is 46.3 Å². The molecule has 1 rings (SSSR count). The molecule has 1 fully saturated rings. The summed E-state index contributed by atoms with van der Waals surface area (Å²) in [7, 11) is 0. The van der Waals surface area contributed by atoms with Gasteiger partial charge in [-0.3, -0.25) is 0 Å². The first kappa shape index (κ1) is 14.8. The quantitative estimate of drug-likeness (QED) is 0.592. The molecule has 0 aliphatic heterocycles. The van der Waals surface area contributed by atoms with E-state index in [1.807, 2.05) is 0 Å². The van der Waals surface area contributed by atoms with Crippen LogP contribution in [0, 0.1) is 10.8 Å². The molecule has 0 aromatic heterocycles. The van der Waals surface area contributed by atoms with Gasteiger partial charge in [0.05, 0.1) is 6.54 Å². The number of carboxylic acid groups (broad SMARTS) is 1. The molecule has 6 heteroatoms. The van der Waals surface area contributed by atoms with Crippen LogP contribution in [0.15, 0.2) is 0 Å². The number of rotatable bonds is 4. The molecule has 0 aromatic rings. The summed E-state index contributed by atoms with van der Waals surface area (Å²) in [5.74, 6) is -1.37. The van der Waals surface area contributed by atoms with Crippen molar-refractivity contribution in [2.75, 3.05) is 6.54 Å². The molecule has 2 amide bonds. The monoisotopic (exact) mass is 258 g/mol. The average Bonchev–Trinajstić information content (AvgIpc) is 2.58. The van der Waals surface area contributed by atoms with Crippen molar-refractivity contribution in [3.05, 3.63) is 0 Å². The smallest absolute Gasteiger partial charge is 0.337 e. The predicted octanol–water partition coefficient (Wildman–Crippen LogP) is 0.556. The molecule has 0 heterocycles. The molecule has 0 aromatic carbocycles. The van der Waals surface area contributed by atoms with Crippen LogP contribution in [-0.4, -0.2) is 40.4 Å². The van der Waals surface area contributed by atoms with E-state index in [2.05, 4.69) is 38.3 Å². The minimum Gasteiger partial charge on any atom is -0.479 e. The van der Waals surface area contributed by atoms with Crippen molar-refractivity contribution in [2.24, 2.45) is 10.8 Å². The Morgan fingerprint density at radius 3 is 2.00 bits per heavy atom. The summed E-state index contributed by atoms with van der Waals surface area (Å²) in [6.07, 6.45) is 0. The lowest BCUT2D eigenvalue weighted by molar-refractivity contribution is -0.155. The van der Waals surface area contributed by atoms with Gasteiger partial charge in [0.1, 0.15) is 0 Å². The molecule has 1 unspecified atom stereocenters. The van der Waals surface area contributed by atoms with E-state index < -0.39 is 17.6 Å². The molecule has 18 heavy (non-hydrogen) atoms. The first-order valence-electron chi connectivity index (χ1n) is 5.93. The summed E-state index contributed by atoms with van der Waals surface area (Å²) in [6, 6.07) is -0.417. The van der Waals surface area contributed by atoms with Gasteiger partial charge in [0.25, 0.3) is 0 Å². The minimum atomic E-state index is -1.95. The molecule has 4 N–H and O–H groups in total. The number of nitrogens with one attached hydrogen (secondary N) is 2. The Labute approximate surface area is 107 Å². The Hall–Kier alpha value is -1.30. The Kier molecular flexibility index (Phi) is 3.38. The highest BCUT2D eigenvalue weighted by molar-refractivity contribution is 5.79. The van der Waals surface area contributed by atoms with Gasteiger partial charge in [0.2, 0.25) is 0 Å². The molecule has 1 saturated carbocycles. The zero-order chi connectivity index (χ0) is 14.4. The Morgan fingerprint density at radius 2 is 1.67 bits per heavy atom. The number of carbonyl (C=O) groups is 2. The number of aliphatic hydroxyl groups is 1. The summed E-state index contributed by atoms with van der Waals surface area (Å²) in [5, 5.41) is 23.3. The maximum absolute atomic E-state index is 11.6. The second-order valence-corrected chi connectivity index (χ2v) is 6.28. The molecule has 0 saturated heterocycles. The number of aliphatic carboxylic acids is 1. The van der Waals surface area contributed by atoms with Crippen LogP contribution in [-0.2, 0) is 4.79 Å². The maximum atomic E-state index is 11.6. The lowest BCUT2D eigenvalue weighted by Crippen LogP contribution is -2.50. The fourth-order valence-electron chi connectivity index (χ4n) is 2.07. The van der Waals surface area contributed by atoms with Crippen LogP contribution >= 0.6 is 0 Å². The van der Waals surface area contributed by atoms with Crippen molar-refractivity contribution in [1.82, 2.24) is 10.6 Å². The summed E-state index contributed by atoms with van der Waals surface area (Å²) in [5.41, 5.74) is -1.93. The van der Waals surface area contributed by atoms with Gasteiger partial charge in [-0.25, -0.2) is 9.59 Å². The van der Waals surface area contributed by atoms with E-state index in [9.17, 15) is 14.7 Å². The van der Waals surface area contributed by atoms with Gasteiger partial charge in [-0.05, 0) is 17.8 Å². The number of carboxylic acids is 1. The third kappa shape index (κ3) is 2.43. The minimum absolute atomic E-state index is 0.0135. The van der Waals surface area contributed by atoms with Crippen LogP contribution < -0.4 is 10.6 Å². The van der Waals surface area contributed by atoms with Gasteiger partial charge in [-0.2, -0.15) is 0 Å². The molecule has 1 atom stereocenters. The van der Waals surface area contributed by atoms with Crippen molar-refractivity contribution in [3.63, 3.8) is 0 Å². The molecule has 104 valence electrons. The molecular weight excluding hydrogens is 236 g/mol. The zero-order valence-corrected chi connectivity index (χ0v) is 11.5. The zero-order valence-electron chi connectivity index (χ0n) is 11.5. The number of hydrogen-bond acceptors (Lipinski definition) is 3. The number of amides is 2. The van der Waals surface area contributed by atoms with Gasteiger partial charge in [0, 0.05) is 6.04 Å². The Morgan fingerprint density at radius 1 is 1.22 bits per heavy atom. The summed E-state index contributed by atoms with van der Waals surface area (Å²) in [6.45, 7) is 9.05. The summed E-state index contributed by atoms with van der Waals surface area (Å²) < 4.78 is 0. The van der Waals surface area contributed by atoms with Gasteiger partial charge in [-0.15, -0.1) is 0 Å². The molecule has 0 spiro atoms. The third-order valence-corrected chi connectivity index (χ3v) is 4.35. The van der Waals surface area contributed by atoms with Crippen molar-refractivity contribution in [3.8, 4) is 0 Å². The third-order valence-electron chi connectivity index (χ3n) is 4.35. The van der Waals surface area contributed by atoms with Crippen LogP contribution in [0.25, 0.3) is 0 Å². The van der Waals surface area contributed by atoms with Crippen molar-refractivity contribution >= 4 is 12.0 Å². The largest absolute Gasteiger partial charge is 0.479 e. The number of hydrogen-bond donors (Lipinski definition) is 4. The van der Waals surface area contributed by atoms with Gasteiger partial charge < -0.3 is 20.8 Å². The van der Waals surface area contributed by atoms with E-state index in [1.54, 1.807) is 0 Å². The van der Waals surface area contributed by atoms with E-state index in [1.165, 1.54) is 0 Å².